The Kier molecular flexibility index (Phi) is 7.36. The zero-order chi connectivity index (χ0) is 27.2. The van der Waals surface area contributed by atoms with E-state index in [1.165, 1.54) is 28.2 Å². The second-order valence-corrected chi connectivity index (χ2v) is 14.1. The number of hydrogen-bond acceptors (Lipinski definition) is 6. The second-order valence-electron chi connectivity index (χ2n) is 12.9. The maximum absolute atomic E-state index is 12.9. The zero-order valence-electron chi connectivity index (χ0n) is 23.8. The molecule has 2 saturated carbocycles. The topological polar surface area (TPSA) is 83.8 Å². The number of aromatic hydroxyl groups is 1. The third-order valence-corrected chi connectivity index (χ3v) is 10.3. The number of carbonyl (C=O) groups excluding carboxylic acids is 1. The number of phenolic OH excluding ortho intramolecular Hbond substituents is 1. The summed E-state index contributed by atoms with van der Waals surface area (Å²) in [6, 6.07) is 4.35. The SMILES string of the molecule is CCO/N=C1\C[C@@H](CCC(=O)Nc2ncc(C)s2)C2C3CCc4cc(O)c(C(C)(C)C)cc4C3CC[C@]12C. The molecule has 2 aromatic rings. The fraction of sp³-hybridized carbons (Fsp3) is 0.645. The molecule has 1 aromatic heterocycles. The number of aryl methyl sites for hydroxylation is 2. The molecular formula is C31H43N3O3S. The van der Waals surface area contributed by atoms with E-state index in [1.54, 1.807) is 6.20 Å². The smallest absolute Gasteiger partial charge is 0.226 e. The number of rotatable bonds is 6. The van der Waals surface area contributed by atoms with Gasteiger partial charge in [0, 0.05) is 22.9 Å². The molecule has 5 atom stereocenters. The summed E-state index contributed by atoms with van der Waals surface area (Å²) in [6.07, 6.45) is 8.37. The van der Waals surface area contributed by atoms with Gasteiger partial charge in [0.15, 0.2) is 5.13 Å². The number of benzene rings is 1. The minimum Gasteiger partial charge on any atom is -0.508 e. The first-order chi connectivity index (χ1) is 18.0. The minimum absolute atomic E-state index is 0.00514. The van der Waals surface area contributed by atoms with Crippen LogP contribution in [0.3, 0.4) is 0 Å². The van der Waals surface area contributed by atoms with Gasteiger partial charge in [0.2, 0.25) is 5.91 Å². The Morgan fingerprint density at radius 3 is 2.79 bits per heavy atom. The maximum atomic E-state index is 12.9. The molecule has 5 rings (SSSR count). The van der Waals surface area contributed by atoms with Gasteiger partial charge >= 0.3 is 0 Å². The minimum atomic E-state index is -0.105. The van der Waals surface area contributed by atoms with E-state index >= 15 is 0 Å². The monoisotopic (exact) mass is 537 g/mol. The molecule has 0 bridgehead atoms. The van der Waals surface area contributed by atoms with Crippen LogP contribution in [0, 0.1) is 30.1 Å². The number of aromatic nitrogens is 1. The number of carbonyl (C=O) groups is 1. The lowest BCUT2D eigenvalue weighted by atomic mass is 9.53. The molecule has 1 aromatic carbocycles. The Hall–Kier alpha value is -2.41. The standard InChI is InChI=1S/C31H43N3O3S/c1-7-37-34-26-15-20(9-11-27(36)33-29-32-17-18(2)38-29)28-22-10-8-19-14-25(35)24(30(3,4)5)16-23(19)21(22)12-13-31(26,28)6/h14,16-17,20-22,28,35H,7-13,15H2,1-6H3,(H,32,33,36)/b34-26+/t20-,21?,22?,28?,31-/m1/s1. The van der Waals surface area contributed by atoms with Crippen molar-refractivity contribution < 1.29 is 14.7 Å². The lowest BCUT2D eigenvalue weighted by Crippen LogP contribution is -2.44. The number of thiazole rings is 1. The Balaban J connectivity index is 1.42. The largest absolute Gasteiger partial charge is 0.508 e. The van der Waals surface area contributed by atoms with Gasteiger partial charge in [-0.05, 0) is 104 Å². The highest BCUT2D eigenvalue weighted by molar-refractivity contribution is 7.15. The van der Waals surface area contributed by atoms with Crippen molar-refractivity contribution in [3.05, 3.63) is 39.9 Å². The molecule has 1 heterocycles. The summed E-state index contributed by atoms with van der Waals surface area (Å²) in [4.78, 5) is 23.9. The summed E-state index contributed by atoms with van der Waals surface area (Å²) in [6.45, 7) is 13.5. The molecule has 0 radical (unpaired) electrons. The van der Waals surface area contributed by atoms with Crippen molar-refractivity contribution in [2.24, 2.45) is 28.3 Å². The first-order valence-electron chi connectivity index (χ1n) is 14.3. The lowest BCUT2D eigenvalue weighted by molar-refractivity contribution is -0.116. The van der Waals surface area contributed by atoms with Gasteiger partial charge in [-0.25, -0.2) is 4.98 Å². The number of phenols is 1. The van der Waals surface area contributed by atoms with E-state index in [0.29, 0.717) is 47.6 Å². The maximum Gasteiger partial charge on any atom is 0.226 e. The first-order valence-corrected chi connectivity index (χ1v) is 15.1. The van der Waals surface area contributed by atoms with Crippen molar-refractivity contribution in [3.8, 4) is 5.75 Å². The van der Waals surface area contributed by atoms with Crippen LogP contribution in [0.15, 0.2) is 23.5 Å². The van der Waals surface area contributed by atoms with E-state index in [4.69, 9.17) is 4.84 Å². The van der Waals surface area contributed by atoms with Crippen molar-refractivity contribution in [2.75, 3.05) is 11.9 Å². The molecule has 0 spiro atoms. The summed E-state index contributed by atoms with van der Waals surface area (Å²) < 4.78 is 0. The lowest BCUT2D eigenvalue weighted by Gasteiger charge is -2.50. The van der Waals surface area contributed by atoms with Crippen LogP contribution in [0.25, 0.3) is 0 Å². The number of anilines is 1. The molecular weight excluding hydrogens is 494 g/mol. The van der Waals surface area contributed by atoms with Crippen LogP contribution in [0.2, 0.25) is 0 Å². The molecule has 0 saturated heterocycles. The number of nitrogens with zero attached hydrogens (tertiary/aromatic N) is 2. The highest BCUT2D eigenvalue weighted by atomic mass is 32.1. The van der Waals surface area contributed by atoms with E-state index in [-0.39, 0.29) is 16.7 Å². The van der Waals surface area contributed by atoms with Crippen molar-refractivity contribution in [3.63, 3.8) is 0 Å². The van der Waals surface area contributed by atoms with Crippen LogP contribution in [0.5, 0.6) is 5.75 Å². The van der Waals surface area contributed by atoms with Crippen molar-refractivity contribution in [1.82, 2.24) is 4.98 Å². The molecule has 38 heavy (non-hydrogen) atoms. The Labute approximate surface area is 231 Å². The van der Waals surface area contributed by atoms with Crippen LogP contribution < -0.4 is 5.32 Å². The van der Waals surface area contributed by atoms with Gasteiger partial charge in [-0.15, -0.1) is 11.3 Å². The normalized spacial score (nSPS) is 29.5. The van der Waals surface area contributed by atoms with Crippen LogP contribution in [0.4, 0.5) is 5.13 Å². The molecule has 2 fully saturated rings. The molecule has 1 amide bonds. The van der Waals surface area contributed by atoms with Gasteiger partial charge < -0.3 is 15.3 Å². The molecule has 0 aliphatic heterocycles. The predicted octanol–water partition coefficient (Wildman–Crippen LogP) is 7.35. The van der Waals surface area contributed by atoms with E-state index in [1.807, 2.05) is 19.9 Å². The zero-order valence-corrected chi connectivity index (χ0v) is 24.6. The average molecular weight is 538 g/mol. The van der Waals surface area contributed by atoms with Gasteiger partial charge in [0.25, 0.3) is 0 Å². The van der Waals surface area contributed by atoms with Gasteiger partial charge in [0.05, 0.1) is 5.71 Å². The van der Waals surface area contributed by atoms with Gasteiger partial charge in [-0.3, -0.25) is 4.79 Å². The number of amides is 1. The second kappa shape index (κ2) is 10.3. The molecule has 3 aliphatic rings. The number of fused-ring (bicyclic) bond motifs is 5. The average Bonchev–Trinajstić information content (AvgIpc) is 3.39. The van der Waals surface area contributed by atoms with Gasteiger partial charge in [0.1, 0.15) is 12.4 Å². The van der Waals surface area contributed by atoms with E-state index in [2.05, 4.69) is 49.2 Å². The van der Waals surface area contributed by atoms with E-state index in [9.17, 15) is 9.90 Å². The van der Waals surface area contributed by atoms with Crippen LogP contribution >= 0.6 is 11.3 Å². The van der Waals surface area contributed by atoms with E-state index in [0.717, 1.165) is 49.0 Å². The molecule has 6 nitrogen and oxygen atoms in total. The molecule has 206 valence electrons. The molecule has 7 heteroatoms. The summed E-state index contributed by atoms with van der Waals surface area (Å²) >= 11 is 1.52. The molecule has 2 N–H and O–H groups in total. The fourth-order valence-corrected chi connectivity index (χ4v) is 8.43. The van der Waals surface area contributed by atoms with Crippen molar-refractivity contribution in [1.29, 1.82) is 0 Å². The van der Waals surface area contributed by atoms with E-state index < -0.39 is 0 Å². The third kappa shape index (κ3) is 4.99. The number of hydrogen-bond donors (Lipinski definition) is 2. The Bertz CT molecular complexity index is 1230. The first kappa shape index (κ1) is 27.2. The summed E-state index contributed by atoms with van der Waals surface area (Å²) in [5.74, 6) is 2.37. The fourth-order valence-electron chi connectivity index (χ4n) is 7.75. The predicted molar refractivity (Wildman–Crippen MR) is 154 cm³/mol. The summed E-state index contributed by atoms with van der Waals surface area (Å²) in [5.41, 5.74) is 4.89. The number of oxime groups is 1. The van der Waals surface area contributed by atoms with Crippen LogP contribution in [-0.2, 0) is 21.5 Å². The number of nitrogens with one attached hydrogen (secondary N) is 1. The van der Waals surface area contributed by atoms with Crippen LogP contribution in [0.1, 0.15) is 101 Å². The van der Waals surface area contributed by atoms with Crippen LogP contribution in [-0.4, -0.2) is 28.3 Å². The summed E-state index contributed by atoms with van der Waals surface area (Å²) in [7, 11) is 0. The molecule has 3 aliphatic carbocycles. The highest BCUT2D eigenvalue weighted by Gasteiger charge is 2.57. The van der Waals surface area contributed by atoms with Gasteiger partial charge in [-0.1, -0.05) is 38.9 Å². The van der Waals surface area contributed by atoms with Gasteiger partial charge in [-0.2, -0.15) is 0 Å². The van der Waals surface area contributed by atoms with Crippen molar-refractivity contribution in [2.45, 2.75) is 97.8 Å². The molecule has 3 unspecified atom stereocenters. The third-order valence-electron chi connectivity index (χ3n) is 9.44. The summed E-state index contributed by atoms with van der Waals surface area (Å²) in [5, 5.41) is 19.1. The Morgan fingerprint density at radius 1 is 1.32 bits per heavy atom. The quantitative estimate of drug-likeness (QED) is 0.377. The highest BCUT2D eigenvalue weighted by Crippen LogP contribution is 2.63. The van der Waals surface area contributed by atoms with Crippen molar-refractivity contribution >= 4 is 28.1 Å². The Morgan fingerprint density at radius 2 is 2.11 bits per heavy atom.